The molecule has 0 aliphatic rings. The summed E-state index contributed by atoms with van der Waals surface area (Å²) >= 11 is 1.39. The van der Waals surface area contributed by atoms with Gasteiger partial charge in [-0.05, 0) is 36.8 Å². The van der Waals surface area contributed by atoms with Crippen LogP contribution in [0.3, 0.4) is 0 Å². The molecule has 0 bridgehead atoms. The molecule has 2 heterocycles. The smallest absolute Gasteiger partial charge is 0.312 e. The summed E-state index contributed by atoms with van der Waals surface area (Å²) in [5.41, 5.74) is 2.05. The van der Waals surface area contributed by atoms with Crippen molar-refractivity contribution in [2.45, 2.75) is 26.0 Å². The number of pyridine rings is 1. The van der Waals surface area contributed by atoms with Gasteiger partial charge < -0.3 is 10.1 Å². The number of hydrogen-bond donors (Lipinski definition) is 1. The molecule has 0 saturated heterocycles. The minimum Gasteiger partial charge on any atom is -0.452 e. The molecule has 0 aliphatic heterocycles. The number of halogens is 1. The van der Waals surface area contributed by atoms with Crippen LogP contribution in [-0.4, -0.2) is 27.9 Å². The van der Waals surface area contributed by atoms with Crippen LogP contribution in [0.2, 0.25) is 0 Å². The van der Waals surface area contributed by atoms with E-state index in [1.54, 1.807) is 23.7 Å². The molecule has 0 saturated carbocycles. The van der Waals surface area contributed by atoms with Crippen LogP contribution in [0.15, 0.2) is 54.0 Å². The zero-order valence-electron chi connectivity index (χ0n) is 15.1. The Morgan fingerprint density at radius 3 is 2.71 bits per heavy atom. The highest BCUT2D eigenvalue weighted by molar-refractivity contribution is 7.13. The normalized spacial score (nSPS) is 11.6. The van der Waals surface area contributed by atoms with Gasteiger partial charge in [-0.15, -0.1) is 11.3 Å². The first-order valence-electron chi connectivity index (χ1n) is 8.58. The second kappa shape index (κ2) is 9.18. The van der Waals surface area contributed by atoms with E-state index in [0.717, 1.165) is 11.3 Å². The van der Waals surface area contributed by atoms with Crippen LogP contribution in [-0.2, 0) is 27.3 Å². The van der Waals surface area contributed by atoms with Gasteiger partial charge in [-0.2, -0.15) is 0 Å². The van der Waals surface area contributed by atoms with Gasteiger partial charge in [-0.25, -0.2) is 9.37 Å². The van der Waals surface area contributed by atoms with Gasteiger partial charge in [-0.3, -0.25) is 14.6 Å². The predicted molar refractivity (Wildman–Crippen MR) is 103 cm³/mol. The Kier molecular flexibility index (Phi) is 6.44. The maximum absolute atomic E-state index is 12.9. The summed E-state index contributed by atoms with van der Waals surface area (Å²) in [6, 6.07) is 11.3. The topological polar surface area (TPSA) is 81.2 Å². The van der Waals surface area contributed by atoms with Crippen LogP contribution in [0.25, 0.3) is 10.7 Å². The standard InChI is InChI=1S/C20H18FN3O3S/c1-13(19(26)23-11-14-5-7-15(21)8-6-14)27-18(25)10-16-12-28-20(24-16)17-4-2-3-9-22-17/h2-9,12-13H,10-11H2,1H3,(H,23,26). The SMILES string of the molecule is CC(OC(=O)Cc1csc(-c2ccccn2)n1)C(=O)NCc1ccc(F)cc1. The van der Waals surface area contributed by atoms with Gasteiger partial charge in [0.05, 0.1) is 17.8 Å². The van der Waals surface area contributed by atoms with Crippen molar-refractivity contribution in [1.29, 1.82) is 0 Å². The van der Waals surface area contributed by atoms with E-state index in [9.17, 15) is 14.0 Å². The Balaban J connectivity index is 1.48. The molecule has 1 amide bonds. The molecule has 2 aromatic heterocycles. The maximum atomic E-state index is 12.9. The maximum Gasteiger partial charge on any atom is 0.312 e. The highest BCUT2D eigenvalue weighted by atomic mass is 32.1. The number of benzene rings is 1. The summed E-state index contributed by atoms with van der Waals surface area (Å²) in [6.45, 7) is 1.72. The van der Waals surface area contributed by atoms with Crippen molar-refractivity contribution in [2.75, 3.05) is 0 Å². The van der Waals surface area contributed by atoms with Crippen molar-refractivity contribution in [1.82, 2.24) is 15.3 Å². The number of aromatic nitrogens is 2. The van der Waals surface area contributed by atoms with Crippen LogP contribution in [0.5, 0.6) is 0 Å². The fourth-order valence-electron chi connectivity index (χ4n) is 2.37. The summed E-state index contributed by atoms with van der Waals surface area (Å²) in [4.78, 5) is 32.8. The Labute approximate surface area is 165 Å². The molecule has 1 unspecified atom stereocenters. The van der Waals surface area contributed by atoms with Gasteiger partial charge in [0.15, 0.2) is 6.10 Å². The zero-order chi connectivity index (χ0) is 19.9. The third-order valence-corrected chi connectivity index (χ3v) is 4.73. The quantitative estimate of drug-likeness (QED) is 0.618. The third-order valence-electron chi connectivity index (χ3n) is 3.82. The number of thiazole rings is 1. The van der Waals surface area contributed by atoms with E-state index < -0.39 is 18.0 Å². The predicted octanol–water partition coefficient (Wildman–Crippen LogP) is 3.13. The van der Waals surface area contributed by atoms with Gasteiger partial charge in [0.25, 0.3) is 5.91 Å². The lowest BCUT2D eigenvalue weighted by molar-refractivity contribution is -0.154. The van der Waals surface area contributed by atoms with E-state index in [1.807, 2.05) is 18.2 Å². The van der Waals surface area contributed by atoms with Crippen LogP contribution in [0.1, 0.15) is 18.2 Å². The number of hydrogen-bond acceptors (Lipinski definition) is 6. The third kappa shape index (κ3) is 5.43. The summed E-state index contributed by atoms with van der Waals surface area (Å²) < 4.78 is 18.1. The molecule has 1 atom stereocenters. The Morgan fingerprint density at radius 2 is 2.00 bits per heavy atom. The van der Waals surface area contributed by atoms with Crippen LogP contribution < -0.4 is 5.32 Å². The Bertz CT molecular complexity index is 945. The van der Waals surface area contributed by atoms with Gasteiger partial charge >= 0.3 is 5.97 Å². The number of carbonyl (C=O) groups excluding carboxylic acids is 2. The van der Waals surface area contributed by atoms with Crippen LogP contribution in [0, 0.1) is 5.82 Å². The molecule has 3 rings (SSSR count). The molecule has 0 radical (unpaired) electrons. The second-order valence-electron chi connectivity index (χ2n) is 6.01. The first kappa shape index (κ1) is 19.6. The minimum atomic E-state index is -0.943. The number of nitrogens with zero attached hydrogens (tertiary/aromatic N) is 2. The molecule has 0 aliphatic carbocycles. The number of carbonyl (C=O) groups is 2. The largest absolute Gasteiger partial charge is 0.452 e. The van der Waals surface area contributed by atoms with Gasteiger partial charge in [0.2, 0.25) is 0 Å². The van der Waals surface area contributed by atoms with E-state index in [4.69, 9.17) is 4.74 Å². The summed E-state index contributed by atoms with van der Waals surface area (Å²) in [5.74, 6) is -1.31. The summed E-state index contributed by atoms with van der Waals surface area (Å²) in [7, 11) is 0. The van der Waals surface area contributed by atoms with Crippen molar-refractivity contribution in [2.24, 2.45) is 0 Å². The molecule has 144 valence electrons. The molecule has 8 heteroatoms. The van der Waals surface area contributed by atoms with E-state index in [1.165, 1.54) is 30.4 Å². The lowest BCUT2D eigenvalue weighted by Crippen LogP contribution is -2.35. The van der Waals surface area contributed by atoms with E-state index in [2.05, 4.69) is 15.3 Å². The number of rotatable bonds is 7. The molecule has 28 heavy (non-hydrogen) atoms. The zero-order valence-corrected chi connectivity index (χ0v) is 15.9. The van der Waals surface area contributed by atoms with Crippen molar-refractivity contribution in [3.63, 3.8) is 0 Å². The second-order valence-corrected chi connectivity index (χ2v) is 6.87. The van der Waals surface area contributed by atoms with Crippen molar-refractivity contribution < 1.29 is 18.7 Å². The summed E-state index contributed by atoms with van der Waals surface area (Å²) in [5, 5.41) is 5.14. The molecule has 6 nitrogen and oxygen atoms in total. The van der Waals surface area contributed by atoms with Crippen LogP contribution in [0.4, 0.5) is 4.39 Å². The molecule has 0 spiro atoms. The van der Waals surface area contributed by atoms with Gasteiger partial charge in [0, 0.05) is 18.1 Å². The minimum absolute atomic E-state index is 0.0289. The fraction of sp³-hybridized carbons (Fsp3) is 0.200. The van der Waals surface area contributed by atoms with Gasteiger partial charge in [0.1, 0.15) is 10.8 Å². The average molecular weight is 399 g/mol. The highest BCUT2D eigenvalue weighted by Crippen LogP contribution is 2.21. The lowest BCUT2D eigenvalue weighted by atomic mass is 10.2. The molecular weight excluding hydrogens is 381 g/mol. The molecule has 1 aromatic carbocycles. The van der Waals surface area contributed by atoms with E-state index in [0.29, 0.717) is 10.7 Å². The number of nitrogens with one attached hydrogen (secondary N) is 1. The number of amides is 1. The fourth-order valence-corrected chi connectivity index (χ4v) is 3.17. The lowest BCUT2D eigenvalue weighted by Gasteiger charge is -2.13. The number of esters is 1. The molecule has 3 aromatic rings. The van der Waals surface area contributed by atoms with Crippen molar-refractivity contribution >= 4 is 23.2 Å². The van der Waals surface area contributed by atoms with E-state index >= 15 is 0 Å². The van der Waals surface area contributed by atoms with E-state index in [-0.39, 0.29) is 18.8 Å². The average Bonchev–Trinajstić information content (AvgIpc) is 3.16. The number of ether oxygens (including phenoxy) is 1. The Hall–Kier alpha value is -3.13. The van der Waals surface area contributed by atoms with Gasteiger partial charge in [-0.1, -0.05) is 18.2 Å². The molecule has 0 fully saturated rings. The molecule has 1 N–H and O–H groups in total. The van der Waals surface area contributed by atoms with Crippen LogP contribution >= 0.6 is 11.3 Å². The highest BCUT2D eigenvalue weighted by Gasteiger charge is 2.19. The monoisotopic (exact) mass is 399 g/mol. The summed E-state index contributed by atoms with van der Waals surface area (Å²) in [6.07, 6.45) is 0.706. The Morgan fingerprint density at radius 1 is 1.21 bits per heavy atom. The molecular formula is C20H18FN3O3S. The first-order valence-corrected chi connectivity index (χ1v) is 9.46. The van der Waals surface area contributed by atoms with Crippen molar-refractivity contribution in [3.8, 4) is 10.7 Å². The first-order chi connectivity index (χ1) is 13.5. The van der Waals surface area contributed by atoms with Crippen molar-refractivity contribution in [3.05, 3.63) is 71.1 Å².